The molecule has 6 heteroatoms. The summed E-state index contributed by atoms with van der Waals surface area (Å²) in [5.74, 6) is 1.37. The molecular formula is C17H29FN4S. The number of hydrogen-bond acceptors (Lipinski definition) is 3. The van der Waals surface area contributed by atoms with Gasteiger partial charge >= 0.3 is 0 Å². The molecule has 1 rings (SSSR count). The number of aliphatic imine (C=N–C) groups is 1. The van der Waals surface area contributed by atoms with E-state index in [4.69, 9.17) is 0 Å². The maximum absolute atomic E-state index is 13.4. The van der Waals surface area contributed by atoms with Gasteiger partial charge in [-0.15, -0.1) is 0 Å². The van der Waals surface area contributed by atoms with Crippen LogP contribution in [0.25, 0.3) is 0 Å². The second-order valence-electron chi connectivity index (χ2n) is 6.38. The van der Waals surface area contributed by atoms with Crippen molar-refractivity contribution >= 4 is 17.7 Å². The number of benzene rings is 1. The summed E-state index contributed by atoms with van der Waals surface area (Å²) in [6.45, 7) is 8.70. The zero-order valence-electron chi connectivity index (χ0n) is 14.8. The van der Waals surface area contributed by atoms with Crippen LogP contribution in [-0.4, -0.2) is 37.9 Å². The zero-order chi connectivity index (χ0) is 17.3. The first-order chi connectivity index (χ1) is 10.9. The minimum atomic E-state index is -0.187. The Morgan fingerprint density at radius 1 is 1.17 bits per heavy atom. The summed E-state index contributed by atoms with van der Waals surface area (Å²) in [5, 5.41) is 9.97. The molecule has 0 aromatic heterocycles. The third-order valence-electron chi connectivity index (χ3n) is 3.21. The Hall–Kier alpha value is -1.27. The molecule has 0 unspecified atom stereocenters. The lowest BCUT2D eigenvalue weighted by molar-refractivity contribution is 0.428. The van der Waals surface area contributed by atoms with Crippen LogP contribution in [-0.2, 0) is 12.3 Å². The summed E-state index contributed by atoms with van der Waals surface area (Å²) in [5.41, 5.74) is 2.23. The van der Waals surface area contributed by atoms with Crippen LogP contribution in [0.1, 0.15) is 31.9 Å². The molecule has 3 N–H and O–H groups in total. The predicted molar refractivity (Wildman–Crippen MR) is 99.6 cm³/mol. The van der Waals surface area contributed by atoms with Crippen molar-refractivity contribution in [3.8, 4) is 0 Å². The van der Waals surface area contributed by atoms with Gasteiger partial charge in [0.25, 0.3) is 0 Å². The highest BCUT2D eigenvalue weighted by atomic mass is 32.2. The summed E-state index contributed by atoms with van der Waals surface area (Å²) >= 11 is 1.69. The summed E-state index contributed by atoms with van der Waals surface area (Å²) in [6.07, 6.45) is 2.02. The lowest BCUT2D eigenvalue weighted by atomic mass is 10.1. The highest BCUT2D eigenvalue weighted by molar-refractivity contribution is 7.97. The fourth-order valence-corrected chi connectivity index (χ4v) is 2.65. The number of guanidine groups is 1. The predicted octanol–water partition coefficient (Wildman–Crippen LogP) is 2.74. The van der Waals surface area contributed by atoms with Gasteiger partial charge in [0.05, 0.1) is 0 Å². The van der Waals surface area contributed by atoms with E-state index in [1.807, 2.05) is 12.3 Å². The lowest BCUT2D eigenvalue weighted by Crippen LogP contribution is -2.44. The molecule has 0 aliphatic heterocycles. The van der Waals surface area contributed by atoms with Gasteiger partial charge in [-0.2, -0.15) is 11.8 Å². The number of hydrogen-bond donors (Lipinski definition) is 3. The van der Waals surface area contributed by atoms with Gasteiger partial charge in [0.2, 0.25) is 0 Å². The fraction of sp³-hybridized carbons (Fsp3) is 0.588. The molecule has 0 saturated carbocycles. The second-order valence-corrected chi connectivity index (χ2v) is 7.24. The van der Waals surface area contributed by atoms with E-state index < -0.39 is 0 Å². The maximum Gasteiger partial charge on any atom is 0.191 e. The van der Waals surface area contributed by atoms with Crippen LogP contribution in [0.2, 0.25) is 0 Å². The van der Waals surface area contributed by atoms with Crippen molar-refractivity contribution in [2.24, 2.45) is 4.99 Å². The Morgan fingerprint density at radius 2 is 1.91 bits per heavy atom. The van der Waals surface area contributed by atoms with E-state index in [0.717, 1.165) is 35.9 Å². The molecule has 1 aromatic rings. The summed E-state index contributed by atoms with van der Waals surface area (Å²) in [7, 11) is 1.75. The third kappa shape index (κ3) is 8.23. The van der Waals surface area contributed by atoms with Crippen molar-refractivity contribution in [1.82, 2.24) is 16.0 Å². The smallest absolute Gasteiger partial charge is 0.191 e. The van der Waals surface area contributed by atoms with E-state index >= 15 is 0 Å². The van der Waals surface area contributed by atoms with Gasteiger partial charge in [-0.25, -0.2) is 4.39 Å². The largest absolute Gasteiger partial charge is 0.355 e. The zero-order valence-corrected chi connectivity index (χ0v) is 15.6. The van der Waals surface area contributed by atoms with Crippen molar-refractivity contribution in [2.45, 2.75) is 38.6 Å². The van der Waals surface area contributed by atoms with Crippen LogP contribution in [0.4, 0.5) is 4.39 Å². The second kappa shape index (κ2) is 9.78. The molecule has 0 aliphatic rings. The Kier molecular flexibility index (Phi) is 8.41. The first-order valence-corrected chi connectivity index (χ1v) is 9.21. The van der Waals surface area contributed by atoms with Crippen LogP contribution < -0.4 is 16.0 Å². The molecule has 0 aliphatic carbocycles. The average molecular weight is 341 g/mol. The summed E-state index contributed by atoms with van der Waals surface area (Å²) in [6, 6.07) is 4.95. The minimum Gasteiger partial charge on any atom is -0.355 e. The first kappa shape index (κ1) is 19.8. The molecule has 130 valence electrons. The van der Waals surface area contributed by atoms with Crippen LogP contribution in [0, 0.1) is 5.82 Å². The molecule has 23 heavy (non-hydrogen) atoms. The van der Waals surface area contributed by atoms with Crippen LogP contribution >= 0.6 is 11.8 Å². The van der Waals surface area contributed by atoms with E-state index in [9.17, 15) is 4.39 Å². The maximum atomic E-state index is 13.4. The number of nitrogens with one attached hydrogen (secondary N) is 3. The monoisotopic (exact) mass is 340 g/mol. The molecule has 0 fully saturated rings. The molecule has 0 heterocycles. The average Bonchev–Trinajstić information content (AvgIpc) is 2.47. The van der Waals surface area contributed by atoms with Gasteiger partial charge in [0.1, 0.15) is 5.82 Å². The van der Waals surface area contributed by atoms with Gasteiger partial charge in [-0.3, -0.25) is 4.99 Å². The van der Waals surface area contributed by atoms with Crippen LogP contribution in [0.15, 0.2) is 23.2 Å². The van der Waals surface area contributed by atoms with Gasteiger partial charge in [0, 0.05) is 38.0 Å². The molecule has 0 saturated heterocycles. The highest BCUT2D eigenvalue weighted by Crippen LogP contribution is 2.16. The molecule has 1 aromatic carbocycles. The van der Waals surface area contributed by atoms with Crippen molar-refractivity contribution < 1.29 is 4.39 Å². The van der Waals surface area contributed by atoms with Gasteiger partial charge in [0.15, 0.2) is 5.96 Å². The van der Waals surface area contributed by atoms with E-state index in [1.165, 1.54) is 6.07 Å². The third-order valence-corrected chi connectivity index (χ3v) is 3.81. The Morgan fingerprint density at radius 3 is 2.52 bits per heavy atom. The number of nitrogens with zero attached hydrogens (tertiary/aromatic N) is 1. The number of thioether (sulfide) groups is 1. The normalized spacial score (nSPS) is 12.3. The Balaban J connectivity index is 2.49. The van der Waals surface area contributed by atoms with Crippen molar-refractivity contribution in [2.75, 3.05) is 26.4 Å². The van der Waals surface area contributed by atoms with E-state index in [-0.39, 0.29) is 11.4 Å². The standard InChI is InChI=1S/C17H29FN4S/c1-17(2,3)22-9-8-20-16(19-4)21-11-13-6-7-15(18)10-14(13)12-23-5/h6-7,10,22H,8-9,11-12H2,1-5H3,(H2,19,20,21). The SMILES string of the molecule is CN=C(NCCNC(C)(C)C)NCc1ccc(F)cc1CSC. The van der Waals surface area contributed by atoms with E-state index in [1.54, 1.807) is 24.9 Å². The van der Waals surface area contributed by atoms with Crippen LogP contribution in [0.5, 0.6) is 0 Å². The summed E-state index contributed by atoms with van der Waals surface area (Å²) in [4.78, 5) is 4.22. The molecule has 0 atom stereocenters. The molecule has 0 bridgehead atoms. The topological polar surface area (TPSA) is 48.5 Å². The lowest BCUT2D eigenvalue weighted by Gasteiger charge is -2.21. The molecule has 0 radical (unpaired) electrons. The Bertz CT molecular complexity index is 512. The molecule has 0 spiro atoms. The number of rotatable bonds is 7. The van der Waals surface area contributed by atoms with Gasteiger partial charge in [-0.1, -0.05) is 6.07 Å². The van der Waals surface area contributed by atoms with Crippen molar-refractivity contribution in [1.29, 1.82) is 0 Å². The number of halogens is 1. The minimum absolute atomic E-state index is 0.111. The fourth-order valence-electron chi connectivity index (χ4n) is 2.07. The first-order valence-electron chi connectivity index (χ1n) is 7.81. The van der Waals surface area contributed by atoms with Crippen molar-refractivity contribution in [3.63, 3.8) is 0 Å². The quantitative estimate of drug-likeness (QED) is 0.406. The van der Waals surface area contributed by atoms with Crippen LogP contribution in [0.3, 0.4) is 0 Å². The van der Waals surface area contributed by atoms with E-state index in [0.29, 0.717) is 6.54 Å². The molecular weight excluding hydrogens is 311 g/mol. The highest BCUT2D eigenvalue weighted by Gasteiger charge is 2.08. The summed E-state index contributed by atoms with van der Waals surface area (Å²) < 4.78 is 13.4. The van der Waals surface area contributed by atoms with Gasteiger partial charge in [-0.05, 0) is 50.3 Å². The van der Waals surface area contributed by atoms with Gasteiger partial charge < -0.3 is 16.0 Å². The van der Waals surface area contributed by atoms with Crippen molar-refractivity contribution in [3.05, 3.63) is 35.1 Å². The Labute approximate surface area is 143 Å². The molecule has 4 nitrogen and oxygen atoms in total. The van der Waals surface area contributed by atoms with E-state index in [2.05, 4.69) is 41.7 Å². The molecule has 0 amide bonds.